The van der Waals surface area contributed by atoms with E-state index in [1.165, 1.54) is 0 Å². The molecule has 0 aliphatic carbocycles. The van der Waals surface area contributed by atoms with Gasteiger partial charge in [0, 0.05) is 0 Å². The van der Waals surface area contributed by atoms with Gasteiger partial charge in [0.05, 0.1) is 13.0 Å². The Morgan fingerprint density at radius 1 is 1.29 bits per heavy atom. The highest BCUT2D eigenvalue weighted by atomic mass is 16.5. The molecule has 1 aromatic rings. The van der Waals surface area contributed by atoms with Gasteiger partial charge in [0.2, 0.25) is 0 Å². The maximum absolute atomic E-state index is 11.3. The predicted molar refractivity (Wildman–Crippen MR) is 68.9 cm³/mol. The Morgan fingerprint density at radius 2 is 1.82 bits per heavy atom. The molecule has 0 unspecified atom stereocenters. The van der Waals surface area contributed by atoms with E-state index in [1.54, 1.807) is 24.3 Å². The Labute approximate surface area is 103 Å². The van der Waals surface area contributed by atoms with Crippen LogP contribution in [-0.2, 0) is 16.0 Å². The molecule has 0 aliphatic rings. The van der Waals surface area contributed by atoms with Crippen LogP contribution in [0, 0.1) is 5.92 Å². The van der Waals surface area contributed by atoms with Crippen LogP contribution in [0.1, 0.15) is 19.4 Å². The molecule has 0 bridgehead atoms. The summed E-state index contributed by atoms with van der Waals surface area (Å²) in [5.74, 6) is 0.331. The minimum Gasteiger partial charge on any atom is -0.508 e. The van der Waals surface area contributed by atoms with Crippen molar-refractivity contribution >= 4 is 5.97 Å². The third-order valence-electron chi connectivity index (χ3n) is 1.86. The lowest BCUT2D eigenvalue weighted by Gasteiger charge is -2.06. The molecular weight excluding hydrogens is 216 g/mol. The minimum atomic E-state index is -0.227. The lowest BCUT2D eigenvalue weighted by Crippen LogP contribution is -2.12. The lowest BCUT2D eigenvalue weighted by atomic mass is 10.1. The number of hydrogen-bond donors (Lipinski definition) is 1. The van der Waals surface area contributed by atoms with E-state index in [0.29, 0.717) is 12.5 Å². The number of phenolic OH excluding ortho intramolecular Hbond substituents is 1. The number of carbonyl (C=O) groups is 1. The minimum absolute atomic E-state index is 0.203. The summed E-state index contributed by atoms with van der Waals surface area (Å²) in [6.07, 6.45) is 0.257. The van der Waals surface area contributed by atoms with Crippen LogP contribution < -0.4 is 0 Å². The number of esters is 1. The molecule has 0 atom stereocenters. The number of carbonyl (C=O) groups excluding carboxylic acids is 1. The number of aromatic hydroxyl groups is 1. The molecule has 3 nitrogen and oxygen atoms in total. The van der Waals surface area contributed by atoms with Crippen molar-refractivity contribution in [1.29, 1.82) is 0 Å². The molecule has 1 rings (SSSR count). The van der Waals surface area contributed by atoms with Gasteiger partial charge >= 0.3 is 5.97 Å². The Hall–Kier alpha value is -1.77. The van der Waals surface area contributed by atoms with Gasteiger partial charge in [0.1, 0.15) is 5.75 Å². The number of hydrogen-bond acceptors (Lipinski definition) is 3. The Balaban J connectivity index is 0.00000121. The Morgan fingerprint density at radius 3 is 2.29 bits per heavy atom. The molecule has 1 aromatic carbocycles. The second-order valence-corrected chi connectivity index (χ2v) is 3.92. The van der Waals surface area contributed by atoms with Gasteiger partial charge in [-0.25, -0.2) is 0 Å². The molecule has 0 radical (unpaired) electrons. The van der Waals surface area contributed by atoms with Gasteiger partial charge in [-0.15, -0.1) is 13.2 Å². The second-order valence-electron chi connectivity index (χ2n) is 3.92. The molecular formula is C14H20O3. The summed E-state index contributed by atoms with van der Waals surface area (Å²) in [6, 6.07) is 6.55. The first kappa shape index (κ1) is 15.2. The first-order valence-electron chi connectivity index (χ1n) is 5.51. The first-order valence-corrected chi connectivity index (χ1v) is 5.51. The highest BCUT2D eigenvalue weighted by Crippen LogP contribution is 2.10. The number of benzene rings is 1. The van der Waals surface area contributed by atoms with Crippen molar-refractivity contribution in [3.8, 4) is 5.75 Å². The largest absolute Gasteiger partial charge is 0.508 e. The standard InChI is InChI=1S/C12H16O3.C2H4/c1-9(2)8-15-12(14)7-10-3-5-11(13)6-4-10;1-2/h3-6,9,13H,7-8H2,1-2H3;1-2H2. The topological polar surface area (TPSA) is 46.5 Å². The van der Waals surface area contributed by atoms with Crippen LogP contribution >= 0.6 is 0 Å². The molecule has 0 spiro atoms. The van der Waals surface area contributed by atoms with E-state index in [0.717, 1.165) is 5.56 Å². The van der Waals surface area contributed by atoms with Crippen LogP contribution in [0.5, 0.6) is 5.75 Å². The van der Waals surface area contributed by atoms with Crippen LogP contribution in [-0.4, -0.2) is 17.7 Å². The molecule has 0 fully saturated rings. The fourth-order valence-corrected chi connectivity index (χ4v) is 1.09. The van der Waals surface area contributed by atoms with E-state index >= 15 is 0 Å². The smallest absolute Gasteiger partial charge is 0.310 e. The number of rotatable bonds is 4. The predicted octanol–water partition coefficient (Wildman–Crippen LogP) is 2.94. The third kappa shape index (κ3) is 7.17. The Kier molecular flexibility index (Phi) is 7.52. The lowest BCUT2D eigenvalue weighted by molar-refractivity contribution is -0.143. The molecule has 1 N–H and O–H groups in total. The summed E-state index contributed by atoms with van der Waals surface area (Å²) in [4.78, 5) is 11.3. The van der Waals surface area contributed by atoms with Crippen molar-refractivity contribution in [3.63, 3.8) is 0 Å². The molecule has 0 saturated carbocycles. The number of phenols is 1. The SMILES string of the molecule is C=C.CC(C)COC(=O)Cc1ccc(O)cc1. The van der Waals surface area contributed by atoms with Crippen LogP contribution in [0.25, 0.3) is 0 Å². The summed E-state index contributed by atoms with van der Waals surface area (Å²) < 4.78 is 5.04. The monoisotopic (exact) mass is 236 g/mol. The zero-order chi connectivity index (χ0) is 13.3. The molecule has 3 heteroatoms. The van der Waals surface area contributed by atoms with Gasteiger partial charge in [0.15, 0.2) is 0 Å². The highest BCUT2D eigenvalue weighted by molar-refractivity contribution is 5.72. The first-order chi connectivity index (χ1) is 8.08. The van der Waals surface area contributed by atoms with Crippen LogP contribution in [0.4, 0.5) is 0 Å². The second kappa shape index (κ2) is 8.39. The summed E-state index contributed by atoms with van der Waals surface area (Å²) in [6.45, 7) is 10.4. The number of ether oxygens (including phenoxy) is 1. The highest BCUT2D eigenvalue weighted by Gasteiger charge is 2.05. The summed E-state index contributed by atoms with van der Waals surface area (Å²) >= 11 is 0. The van der Waals surface area contributed by atoms with Crippen molar-refractivity contribution < 1.29 is 14.6 Å². The summed E-state index contributed by atoms with van der Waals surface area (Å²) in [5, 5.41) is 9.05. The normalized spacial score (nSPS) is 9.35. The van der Waals surface area contributed by atoms with Gasteiger partial charge in [0.25, 0.3) is 0 Å². The van der Waals surface area contributed by atoms with Crippen molar-refractivity contribution in [2.75, 3.05) is 6.61 Å². The van der Waals surface area contributed by atoms with Crippen molar-refractivity contribution in [1.82, 2.24) is 0 Å². The molecule has 0 heterocycles. The molecule has 0 amide bonds. The van der Waals surface area contributed by atoms with E-state index in [9.17, 15) is 4.79 Å². The van der Waals surface area contributed by atoms with E-state index in [2.05, 4.69) is 13.2 Å². The van der Waals surface area contributed by atoms with Crippen molar-refractivity contribution in [3.05, 3.63) is 43.0 Å². The van der Waals surface area contributed by atoms with Gasteiger partial charge in [-0.05, 0) is 23.6 Å². The fraction of sp³-hybridized carbons (Fsp3) is 0.357. The van der Waals surface area contributed by atoms with Crippen LogP contribution in [0.3, 0.4) is 0 Å². The maximum Gasteiger partial charge on any atom is 0.310 e. The summed E-state index contributed by atoms with van der Waals surface area (Å²) in [5.41, 5.74) is 0.849. The zero-order valence-corrected chi connectivity index (χ0v) is 10.5. The average molecular weight is 236 g/mol. The van der Waals surface area contributed by atoms with Crippen molar-refractivity contribution in [2.45, 2.75) is 20.3 Å². The average Bonchev–Trinajstić information content (AvgIpc) is 2.32. The quantitative estimate of drug-likeness (QED) is 0.646. The molecule has 94 valence electrons. The van der Waals surface area contributed by atoms with Gasteiger partial charge in [-0.3, -0.25) is 4.79 Å². The fourth-order valence-electron chi connectivity index (χ4n) is 1.09. The molecule has 0 saturated heterocycles. The van der Waals surface area contributed by atoms with E-state index in [-0.39, 0.29) is 18.1 Å². The van der Waals surface area contributed by atoms with E-state index in [4.69, 9.17) is 9.84 Å². The van der Waals surface area contributed by atoms with E-state index in [1.807, 2.05) is 13.8 Å². The zero-order valence-electron chi connectivity index (χ0n) is 10.5. The Bertz CT molecular complexity index is 328. The van der Waals surface area contributed by atoms with Crippen molar-refractivity contribution in [2.24, 2.45) is 5.92 Å². The van der Waals surface area contributed by atoms with Crippen LogP contribution in [0.15, 0.2) is 37.4 Å². The molecule has 17 heavy (non-hydrogen) atoms. The summed E-state index contributed by atoms with van der Waals surface area (Å²) in [7, 11) is 0. The van der Waals surface area contributed by atoms with Gasteiger partial charge < -0.3 is 9.84 Å². The third-order valence-corrected chi connectivity index (χ3v) is 1.86. The van der Waals surface area contributed by atoms with Crippen LogP contribution in [0.2, 0.25) is 0 Å². The van der Waals surface area contributed by atoms with Gasteiger partial charge in [-0.2, -0.15) is 0 Å². The molecule has 0 aliphatic heterocycles. The molecule has 0 aromatic heterocycles. The maximum atomic E-state index is 11.3. The van der Waals surface area contributed by atoms with Gasteiger partial charge in [-0.1, -0.05) is 26.0 Å². The van der Waals surface area contributed by atoms with E-state index < -0.39 is 0 Å².